The van der Waals surface area contributed by atoms with Crippen molar-refractivity contribution in [3.63, 3.8) is 0 Å². The molecule has 4 rings (SSSR count). The molecule has 0 unspecified atom stereocenters. The Bertz CT molecular complexity index is 985. The second kappa shape index (κ2) is 8.56. The van der Waals surface area contributed by atoms with Crippen LogP contribution in [0.5, 0.6) is 0 Å². The number of hydrogen-bond donors (Lipinski definition) is 0. The number of piperidine rings is 1. The van der Waals surface area contributed by atoms with E-state index < -0.39 is 0 Å². The zero-order valence-corrected chi connectivity index (χ0v) is 16.6. The summed E-state index contributed by atoms with van der Waals surface area (Å²) in [6.45, 7) is 3.49. The highest BCUT2D eigenvalue weighted by Gasteiger charge is 2.26. The molecule has 29 heavy (non-hydrogen) atoms. The largest absolute Gasteiger partial charge is 0.338 e. The van der Waals surface area contributed by atoms with E-state index in [9.17, 15) is 9.18 Å². The van der Waals surface area contributed by atoms with Crippen LogP contribution < -0.4 is 0 Å². The Morgan fingerprint density at radius 1 is 1.07 bits per heavy atom. The minimum Gasteiger partial charge on any atom is -0.338 e. The Morgan fingerprint density at radius 3 is 2.59 bits per heavy atom. The molecule has 148 valence electrons. The van der Waals surface area contributed by atoms with E-state index >= 15 is 0 Å². The number of likely N-dealkylation sites (tertiary alicyclic amines) is 1. The molecule has 3 nitrogen and oxygen atoms in total. The lowest BCUT2D eigenvalue weighted by Crippen LogP contribution is -2.39. The van der Waals surface area contributed by atoms with Gasteiger partial charge in [0.1, 0.15) is 5.82 Å². The van der Waals surface area contributed by atoms with Gasteiger partial charge >= 0.3 is 0 Å². The van der Waals surface area contributed by atoms with E-state index in [2.05, 4.69) is 12.1 Å². The van der Waals surface area contributed by atoms with Crippen LogP contribution in [0.1, 0.15) is 51.6 Å². The maximum atomic E-state index is 13.2. The quantitative estimate of drug-likeness (QED) is 0.620. The van der Waals surface area contributed by atoms with Gasteiger partial charge in [0.2, 0.25) is 0 Å². The van der Waals surface area contributed by atoms with Gasteiger partial charge in [0.15, 0.2) is 0 Å². The maximum absolute atomic E-state index is 13.2. The Kier molecular flexibility index (Phi) is 5.70. The summed E-state index contributed by atoms with van der Waals surface area (Å²) in [7, 11) is 0. The van der Waals surface area contributed by atoms with Crippen molar-refractivity contribution >= 4 is 5.91 Å². The molecule has 1 atom stereocenters. The summed E-state index contributed by atoms with van der Waals surface area (Å²) < 4.78 is 13.2. The third kappa shape index (κ3) is 4.70. The number of carbonyl (C=O) groups excluding carboxylic acids is 1. The molecule has 1 fully saturated rings. The molecule has 0 radical (unpaired) electrons. The summed E-state index contributed by atoms with van der Waals surface area (Å²) in [4.78, 5) is 19.6. The molecule has 0 saturated carbocycles. The van der Waals surface area contributed by atoms with Gasteiger partial charge in [-0.05, 0) is 73.7 Å². The highest BCUT2D eigenvalue weighted by atomic mass is 19.1. The average Bonchev–Trinajstić information content (AvgIpc) is 2.75. The van der Waals surface area contributed by atoms with E-state index in [1.54, 1.807) is 0 Å². The van der Waals surface area contributed by atoms with Crippen LogP contribution in [0.15, 0.2) is 66.7 Å². The molecule has 1 aliphatic heterocycles. The summed E-state index contributed by atoms with van der Waals surface area (Å²) in [5.74, 6) is 0.114. The maximum Gasteiger partial charge on any atom is 0.253 e. The molecule has 0 bridgehead atoms. The van der Waals surface area contributed by atoms with E-state index in [1.807, 2.05) is 54.3 Å². The number of rotatable bonds is 4. The highest BCUT2D eigenvalue weighted by molar-refractivity contribution is 5.94. The molecule has 3 aromatic rings. The number of pyridine rings is 1. The topological polar surface area (TPSA) is 33.2 Å². The average molecular weight is 388 g/mol. The van der Waals surface area contributed by atoms with Gasteiger partial charge in [-0.15, -0.1) is 0 Å². The van der Waals surface area contributed by atoms with Gasteiger partial charge in [0.25, 0.3) is 5.91 Å². The van der Waals surface area contributed by atoms with Crippen LogP contribution in [0.3, 0.4) is 0 Å². The molecular formula is C25H25FN2O. The normalized spacial score (nSPS) is 16.6. The van der Waals surface area contributed by atoms with Crippen molar-refractivity contribution in [1.29, 1.82) is 0 Å². The van der Waals surface area contributed by atoms with Crippen molar-refractivity contribution < 1.29 is 9.18 Å². The minimum absolute atomic E-state index is 0.0921. The van der Waals surface area contributed by atoms with Crippen LogP contribution in [-0.4, -0.2) is 28.9 Å². The fourth-order valence-electron chi connectivity index (χ4n) is 4.08. The van der Waals surface area contributed by atoms with Crippen molar-refractivity contribution in [1.82, 2.24) is 9.88 Å². The van der Waals surface area contributed by atoms with E-state index in [0.29, 0.717) is 6.54 Å². The van der Waals surface area contributed by atoms with E-state index in [-0.39, 0.29) is 17.6 Å². The molecule has 0 spiro atoms. The second-order valence-corrected chi connectivity index (χ2v) is 7.80. The Labute approximate surface area is 171 Å². The molecule has 1 saturated heterocycles. The number of hydrogen-bond acceptors (Lipinski definition) is 2. The van der Waals surface area contributed by atoms with Gasteiger partial charge in [-0.3, -0.25) is 9.78 Å². The molecule has 2 aromatic carbocycles. The van der Waals surface area contributed by atoms with Gasteiger partial charge in [-0.25, -0.2) is 4.39 Å². The van der Waals surface area contributed by atoms with Crippen LogP contribution >= 0.6 is 0 Å². The van der Waals surface area contributed by atoms with Crippen molar-refractivity contribution in [3.8, 4) is 0 Å². The Morgan fingerprint density at radius 2 is 1.83 bits per heavy atom. The van der Waals surface area contributed by atoms with Crippen LogP contribution in [0.2, 0.25) is 0 Å². The first-order valence-electron chi connectivity index (χ1n) is 10.1. The van der Waals surface area contributed by atoms with E-state index in [1.165, 1.54) is 17.7 Å². The third-order valence-corrected chi connectivity index (χ3v) is 5.50. The summed E-state index contributed by atoms with van der Waals surface area (Å²) in [5, 5.41) is 0. The minimum atomic E-state index is -0.217. The predicted molar refractivity (Wildman–Crippen MR) is 113 cm³/mol. The highest BCUT2D eigenvalue weighted by Crippen LogP contribution is 2.28. The number of aryl methyl sites for hydroxylation is 1. The lowest BCUT2D eigenvalue weighted by molar-refractivity contribution is 0.0706. The van der Waals surface area contributed by atoms with Gasteiger partial charge in [0, 0.05) is 36.0 Å². The lowest BCUT2D eigenvalue weighted by Gasteiger charge is -2.33. The second-order valence-electron chi connectivity index (χ2n) is 7.80. The fourth-order valence-corrected chi connectivity index (χ4v) is 4.08. The van der Waals surface area contributed by atoms with Gasteiger partial charge < -0.3 is 4.90 Å². The van der Waals surface area contributed by atoms with Crippen LogP contribution in [0.25, 0.3) is 0 Å². The van der Waals surface area contributed by atoms with E-state index in [0.717, 1.165) is 48.3 Å². The van der Waals surface area contributed by atoms with Gasteiger partial charge in [-0.2, -0.15) is 0 Å². The number of aromatic nitrogens is 1. The summed E-state index contributed by atoms with van der Waals surface area (Å²) >= 11 is 0. The number of amides is 1. The number of carbonyl (C=O) groups is 1. The lowest BCUT2D eigenvalue weighted by atomic mass is 9.92. The van der Waals surface area contributed by atoms with Crippen molar-refractivity contribution in [2.75, 3.05) is 13.1 Å². The fraction of sp³-hybridized carbons (Fsp3) is 0.280. The third-order valence-electron chi connectivity index (χ3n) is 5.50. The molecule has 4 heteroatoms. The van der Waals surface area contributed by atoms with Gasteiger partial charge in [0.05, 0.1) is 0 Å². The first kappa shape index (κ1) is 19.3. The van der Waals surface area contributed by atoms with Crippen molar-refractivity contribution in [3.05, 3.63) is 101 Å². The van der Waals surface area contributed by atoms with E-state index in [4.69, 9.17) is 4.98 Å². The molecule has 1 amide bonds. The number of halogens is 1. The first-order valence-corrected chi connectivity index (χ1v) is 10.1. The monoisotopic (exact) mass is 388 g/mol. The zero-order valence-electron chi connectivity index (χ0n) is 16.6. The smallest absolute Gasteiger partial charge is 0.253 e. The standard InChI is InChI=1S/C25H25FN2O/c1-18-14-20(15-19-9-11-23(26)12-10-19)16-24(27-18)22-8-5-13-28(17-22)25(29)21-6-3-2-4-7-21/h2-4,6-7,9-12,14,16,22H,5,8,13,15,17H2,1H3/t22-/m0/s1. The predicted octanol–water partition coefficient (Wildman–Crippen LogP) is 5.14. The summed E-state index contributed by atoms with van der Waals surface area (Å²) in [5.41, 5.74) is 5.01. The molecule has 2 heterocycles. The SMILES string of the molecule is Cc1cc(Cc2ccc(F)cc2)cc([C@H]2CCCN(C(=O)c3ccccc3)C2)n1. The van der Waals surface area contributed by atoms with Crippen LogP contribution in [0.4, 0.5) is 4.39 Å². The van der Waals surface area contributed by atoms with Crippen LogP contribution in [0, 0.1) is 12.7 Å². The van der Waals surface area contributed by atoms with Crippen molar-refractivity contribution in [2.45, 2.75) is 32.1 Å². The number of nitrogens with zero attached hydrogens (tertiary/aromatic N) is 2. The molecule has 0 N–H and O–H groups in total. The molecule has 0 aliphatic carbocycles. The van der Waals surface area contributed by atoms with Crippen molar-refractivity contribution in [2.24, 2.45) is 0 Å². The Hall–Kier alpha value is -3.01. The molecule has 1 aliphatic rings. The summed E-state index contributed by atoms with van der Waals surface area (Å²) in [6.07, 6.45) is 2.76. The first-order chi connectivity index (χ1) is 14.1. The van der Waals surface area contributed by atoms with Gasteiger partial charge in [-0.1, -0.05) is 30.3 Å². The molecular weight excluding hydrogens is 363 g/mol. The summed E-state index contributed by atoms with van der Waals surface area (Å²) in [6, 6.07) is 20.4. The van der Waals surface area contributed by atoms with Crippen LogP contribution in [-0.2, 0) is 6.42 Å². The zero-order chi connectivity index (χ0) is 20.2. The Balaban J connectivity index is 1.52. The number of benzene rings is 2. The molecule has 1 aromatic heterocycles.